The van der Waals surface area contributed by atoms with Crippen LogP contribution in [0.3, 0.4) is 0 Å². The zero-order chi connectivity index (χ0) is 13.2. The topological polar surface area (TPSA) is 50.7 Å². The molecule has 2 unspecified atom stereocenters. The molecule has 0 saturated heterocycles. The van der Waals surface area contributed by atoms with Crippen LogP contribution in [0.2, 0.25) is 0 Å². The van der Waals surface area contributed by atoms with Crippen LogP contribution in [0.25, 0.3) is 0 Å². The summed E-state index contributed by atoms with van der Waals surface area (Å²) < 4.78 is 11.8. The lowest BCUT2D eigenvalue weighted by molar-refractivity contribution is 0.111. The molecule has 1 aromatic rings. The van der Waals surface area contributed by atoms with Gasteiger partial charge in [-0.15, -0.1) is 0 Å². The molecule has 0 spiro atoms. The number of aliphatic hydroxyl groups excluding tert-OH is 1. The monoisotopic (exact) mass is 327 g/mol. The molecular weight excluding hydrogens is 310 g/mol. The van der Waals surface area contributed by atoms with Gasteiger partial charge in [-0.3, -0.25) is 0 Å². The average molecular weight is 328 g/mol. The fourth-order valence-corrected chi connectivity index (χ4v) is 3.16. The number of fused-ring (bicyclic) bond motifs is 1. The summed E-state index contributed by atoms with van der Waals surface area (Å²) in [5.41, 5.74) is 1.16. The standard InChI is InChI=1S/C14H18BrNO3/c15-12-6-14-13(18-8-19-14)4-9(12)7-16-10-2-1-3-11(17)5-10/h4,6,10-11,16-17H,1-3,5,7-8H2. The second kappa shape index (κ2) is 5.69. The van der Waals surface area contributed by atoms with Crippen LogP contribution in [-0.2, 0) is 6.54 Å². The lowest BCUT2D eigenvalue weighted by Crippen LogP contribution is -2.35. The van der Waals surface area contributed by atoms with Gasteiger partial charge in [0, 0.05) is 17.1 Å². The van der Waals surface area contributed by atoms with Gasteiger partial charge in [0.1, 0.15) is 0 Å². The number of halogens is 1. The fraction of sp³-hybridized carbons (Fsp3) is 0.571. The molecule has 1 fully saturated rings. The summed E-state index contributed by atoms with van der Waals surface area (Å²) in [6.45, 7) is 1.07. The van der Waals surface area contributed by atoms with E-state index in [1.807, 2.05) is 12.1 Å². The van der Waals surface area contributed by atoms with E-state index in [2.05, 4.69) is 21.2 Å². The van der Waals surface area contributed by atoms with Crippen molar-refractivity contribution < 1.29 is 14.6 Å². The van der Waals surface area contributed by atoms with Crippen LogP contribution in [-0.4, -0.2) is 24.0 Å². The minimum absolute atomic E-state index is 0.147. The van der Waals surface area contributed by atoms with Gasteiger partial charge < -0.3 is 19.9 Å². The van der Waals surface area contributed by atoms with Gasteiger partial charge in [-0.25, -0.2) is 0 Å². The summed E-state index contributed by atoms with van der Waals surface area (Å²) >= 11 is 3.56. The number of benzene rings is 1. The van der Waals surface area contributed by atoms with E-state index in [4.69, 9.17) is 9.47 Å². The summed E-state index contributed by atoms with van der Waals surface area (Å²) in [6.07, 6.45) is 3.88. The Morgan fingerprint density at radius 1 is 1.26 bits per heavy atom. The third kappa shape index (κ3) is 3.04. The lowest BCUT2D eigenvalue weighted by Gasteiger charge is -2.27. The van der Waals surface area contributed by atoms with E-state index in [9.17, 15) is 5.11 Å². The van der Waals surface area contributed by atoms with Crippen molar-refractivity contribution in [3.05, 3.63) is 22.2 Å². The van der Waals surface area contributed by atoms with Crippen molar-refractivity contribution in [3.63, 3.8) is 0 Å². The molecule has 1 aromatic carbocycles. The molecular formula is C14H18BrNO3. The Hall–Kier alpha value is -0.780. The van der Waals surface area contributed by atoms with Crippen molar-refractivity contribution in [2.75, 3.05) is 6.79 Å². The van der Waals surface area contributed by atoms with Crippen LogP contribution in [0.5, 0.6) is 11.5 Å². The molecule has 19 heavy (non-hydrogen) atoms. The predicted molar refractivity (Wildman–Crippen MR) is 75.4 cm³/mol. The molecule has 4 nitrogen and oxygen atoms in total. The predicted octanol–water partition coefficient (Wildman–Crippen LogP) is 2.57. The molecule has 1 heterocycles. The van der Waals surface area contributed by atoms with Gasteiger partial charge in [0.05, 0.1) is 6.10 Å². The summed E-state index contributed by atoms with van der Waals surface area (Å²) in [5.74, 6) is 1.60. The number of hydrogen-bond donors (Lipinski definition) is 2. The van der Waals surface area contributed by atoms with Crippen molar-refractivity contribution in [3.8, 4) is 11.5 Å². The third-order valence-corrected chi connectivity index (χ3v) is 4.51. The molecule has 5 heteroatoms. The number of ether oxygens (including phenoxy) is 2. The summed E-state index contributed by atoms with van der Waals surface area (Å²) in [4.78, 5) is 0. The minimum atomic E-state index is -0.147. The Kier molecular flexibility index (Phi) is 3.96. The third-order valence-electron chi connectivity index (χ3n) is 3.77. The van der Waals surface area contributed by atoms with E-state index in [1.165, 1.54) is 0 Å². The zero-order valence-electron chi connectivity index (χ0n) is 10.7. The average Bonchev–Trinajstić information content (AvgIpc) is 2.83. The molecule has 1 aliphatic heterocycles. The van der Waals surface area contributed by atoms with Crippen LogP contribution >= 0.6 is 15.9 Å². The number of rotatable bonds is 3. The normalized spacial score (nSPS) is 25.6. The van der Waals surface area contributed by atoms with E-state index < -0.39 is 0 Å². The fourth-order valence-electron chi connectivity index (χ4n) is 2.70. The van der Waals surface area contributed by atoms with Gasteiger partial charge >= 0.3 is 0 Å². The van der Waals surface area contributed by atoms with Crippen LogP contribution in [0.1, 0.15) is 31.2 Å². The maximum absolute atomic E-state index is 9.67. The van der Waals surface area contributed by atoms with E-state index in [0.717, 1.165) is 53.8 Å². The Morgan fingerprint density at radius 2 is 2.05 bits per heavy atom. The molecule has 2 N–H and O–H groups in total. The highest BCUT2D eigenvalue weighted by atomic mass is 79.9. The van der Waals surface area contributed by atoms with Crippen molar-refractivity contribution in [2.24, 2.45) is 0 Å². The van der Waals surface area contributed by atoms with Gasteiger partial charge in [-0.2, -0.15) is 0 Å². The lowest BCUT2D eigenvalue weighted by atomic mass is 9.93. The van der Waals surface area contributed by atoms with Crippen LogP contribution in [0, 0.1) is 0 Å². The van der Waals surface area contributed by atoms with Crippen molar-refractivity contribution in [1.82, 2.24) is 5.32 Å². The van der Waals surface area contributed by atoms with E-state index in [0.29, 0.717) is 12.8 Å². The van der Waals surface area contributed by atoms with Crippen LogP contribution < -0.4 is 14.8 Å². The van der Waals surface area contributed by atoms with Crippen molar-refractivity contribution >= 4 is 15.9 Å². The maximum atomic E-state index is 9.67. The number of aliphatic hydroxyl groups is 1. The summed E-state index contributed by atoms with van der Waals surface area (Å²) in [5, 5.41) is 13.2. The Bertz CT molecular complexity index is 466. The van der Waals surface area contributed by atoms with Gasteiger partial charge in [0.15, 0.2) is 11.5 Å². The largest absolute Gasteiger partial charge is 0.454 e. The molecule has 1 aliphatic carbocycles. The molecule has 3 rings (SSSR count). The first-order chi connectivity index (χ1) is 9.22. The highest BCUT2D eigenvalue weighted by Gasteiger charge is 2.21. The highest BCUT2D eigenvalue weighted by molar-refractivity contribution is 9.10. The van der Waals surface area contributed by atoms with E-state index in [-0.39, 0.29) is 6.10 Å². The first kappa shape index (κ1) is 13.2. The molecule has 0 radical (unpaired) electrons. The maximum Gasteiger partial charge on any atom is 0.231 e. The van der Waals surface area contributed by atoms with Gasteiger partial charge in [-0.05, 0) is 43.4 Å². The van der Waals surface area contributed by atoms with Crippen LogP contribution in [0.15, 0.2) is 16.6 Å². The summed E-state index contributed by atoms with van der Waals surface area (Å²) in [6, 6.07) is 4.37. The van der Waals surface area contributed by atoms with E-state index >= 15 is 0 Å². The van der Waals surface area contributed by atoms with E-state index in [1.54, 1.807) is 0 Å². The second-order valence-corrected chi connectivity index (χ2v) is 6.05. The van der Waals surface area contributed by atoms with Gasteiger partial charge in [0.2, 0.25) is 6.79 Å². The molecule has 104 valence electrons. The Labute approximate surface area is 121 Å². The first-order valence-electron chi connectivity index (χ1n) is 6.72. The molecule has 2 atom stereocenters. The molecule has 1 saturated carbocycles. The van der Waals surface area contributed by atoms with Crippen molar-refractivity contribution in [2.45, 2.75) is 44.4 Å². The quantitative estimate of drug-likeness (QED) is 0.895. The molecule has 0 amide bonds. The smallest absolute Gasteiger partial charge is 0.231 e. The SMILES string of the molecule is OC1CCCC(NCc2cc3c(cc2Br)OCO3)C1. The number of hydrogen-bond acceptors (Lipinski definition) is 4. The molecule has 0 bridgehead atoms. The highest BCUT2D eigenvalue weighted by Crippen LogP contribution is 2.37. The van der Waals surface area contributed by atoms with Gasteiger partial charge in [-0.1, -0.05) is 15.9 Å². The minimum Gasteiger partial charge on any atom is -0.454 e. The molecule has 0 aromatic heterocycles. The summed E-state index contributed by atoms with van der Waals surface area (Å²) in [7, 11) is 0. The van der Waals surface area contributed by atoms with Crippen molar-refractivity contribution in [1.29, 1.82) is 0 Å². The Balaban J connectivity index is 1.63. The van der Waals surface area contributed by atoms with Gasteiger partial charge in [0.25, 0.3) is 0 Å². The zero-order valence-corrected chi connectivity index (χ0v) is 12.3. The first-order valence-corrected chi connectivity index (χ1v) is 7.51. The number of nitrogens with one attached hydrogen (secondary N) is 1. The van der Waals surface area contributed by atoms with Crippen LogP contribution in [0.4, 0.5) is 0 Å². The molecule has 2 aliphatic rings. The Morgan fingerprint density at radius 3 is 2.84 bits per heavy atom. The second-order valence-electron chi connectivity index (χ2n) is 5.20.